The molecule has 2 aliphatic heterocycles. The van der Waals surface area contributed by atoms with E-state index in [4.69, 9.17) is 23.7 Å². The molecule has 0 N–H and O–H groups in total. The molecular weight excluding hydrogens is 288 g/mol. The van der Waals surface area contributed by atoms with Gasteiger partial charge in [-0.25, -0.2) is 4.79 Å². The number of benzene rings is 1. The number of carbonyl (C=O) groups excluding carboxylic acids is 1. The lowest BCUT2D eigenvalue weighted by Gasteiger charge is -2.28. The van der Waals surface area contributed by atoms with Gasteiger partial charge in [0.1, 0.15) is 12.2 Å². The van der Waals surface area contributed by atoms with Crippen molar-refractivity contribution < 1.29 is 28.5 Å². The molecule has 1 unspecified atom stereocenters. The Bertz CT molecular complexity index is 556. The van der Waals surface area contributed by atoms with Crippen molar-refractivity contribution in [1.29, 1.82) is 0 Å². The van der Waals surface area contributed by atoms with Crippen LogP contribution in [0.3, 0.4) is 0 Å². The summed E-state index contributed by atoms with van der Waals surface area (Å²) in [6.07, 6.45) is -1.12. The second-order valence-corrected chi connectivity index (χ2v) is 6.23. The fourth-order valence-corrected chi connectivity index (χ4v) is 2.27. The number of carbonyl (C=O) groups is 1. The van der Waals surface area contributed by atoms with Crippen LogP contribution in [0, 0.1) is 0 Å². The van der Waals surface area contributed by atoms with Gasteiger partial charge < -0.3 is 23.7 Å². The molecule has 0 spiro atoms. The van der Waals surface area contributed by atoms with Gasteiger partial charge in [0.15, 0.2) is 17.8 Å². The van der Waals surface area contributed by atoms with Crippen LogP contribution in [0.1, 0.15) is 32.6 Å². The highest BCUT2D eigenvalue weighted by Crippen LogP contribution is 2.36. The highest BCUT2D eigenvalue weighted by Gasteiger charge is 2.32. The predicted molar refractivity (Wildman–Crippen MR) is 76.8 cm³/mol. The zero-order valence-corrected chi connectivity index (χ0v) is 13.0. The summed E-state index contributed by atoms with van der Waals surface area (Å²) in [6.45, 7) is 6.74. The van der Waals surface area contributed by atoms with Gasteiger partial charge in [0.25, 0.3) is 0 Å². The average molecular weight is 308 g/mol. The molecule has 1 fully saturated rings. The summed E-state index contributed by atoms with van der Waals surface area (Å²) >= 11 is 0. The highest BCUT2D eigenvalue weighted by molar-refractivity contribution is 5.76. The first-order valence-corrected chi connectivity index (χ1v) is 7.32. The van der Waals surface area contributed by atoms with Crippen molar-refractivity contribution in [2.24, 2.45) is 0 Å². The second kappa shape index (κ2) is 5.78. The maximum absolute atomic E-state index is 12.0. The summed E-state index contributed by atoms with van der Waals surface area (Å²) in [6, 6.07) is 5.42. The molecule has 0 amide bonds. The Hall–Kier alpha value is -1.79. The molecule has 22 heavy (non-hydrogen) atoms. The summed E-state index contributed by atoms with van der Waals surface area (Å²) in [5.41, 5.74) is 0.317. The molecule has 6 nitrogen and oxygen atoms in total. The lowest BCUT2D eigenvalue weighted by atomic mass is 10.1. The largest absolute Gasteiger partial charge is 0.485 e. The van der Waals surface area contributed by atoms with Gasteiger partial charge in [-0.15, -0.1) is 0 Å². The van der Waals surface area contributed by atoms with E-state index < -0.39 is 17.7 Å². The minimum atomic E-state index is -0.753. The number of hydrogen-bond donors (Lipinski definition) is 0. The molecule has 0 bridgehead atoms. The van der Waals surface area contributed by atoms with E-state index in [1.165, 1.54) is 0 Å². The molecule has 6 heteroatoms. The minimum absolute atomic E-state index is 0.123. The Morgan fingerprint density at radius 1 is 1.18 bits per heavy atom. The maximum Gasteiger partial charge on any atom is 0.351 e. The van der Waals surface area contributed by atoms with Gasteiger partial charge in [-0.05, 0) is 32.9 Å². The standard InChI is InChI=1S/C16H20O6/c1-16(2,3)22-14(17)13-9-20-12-8-10(4-5-11(12)21-13)15-18-6-7-19-15/h4-5,8,13,15H,6-7,9H2,1-3H3. The first-order chi connectivity index (χ1) is 10.4. The molecule has 1 aromatic carbocycles. The molecule has 1 saturated heterocycles. The van der Waals surface area contributed by atoms with E-state index in [9.17, 15) is 4.79 Å². The fraction of sp³-hybridized carbons (Fsp3) is 0.562. The Morgan fingerprint density at radius 3 is 2.59 bits per heavy atom. The SMILES string of the molecule is CC(C)(C)OC(=O)C1COc2cc(C3OCCO3)ccc2O1. The van der Waals surface area contributed by atoms with Crippen LogP contribution in [-0.2, 0) is 19.0 Å². The Balaban J connectivity index is 1.70. The Labute approximate surface area is 129 Å². The lowest BCUT2D eigenvalue weighted by molar-refractivity contribution is -0.165. The Kier molecular flexibility index (Phi) is 3.97. The van der Waals surface area contributed by atoms with Crippen molar-refractivity contribution in [3.05, 3.63) is 23.8 Å². The van der Waals surface area contributed by atoms with Crippen LogP contribution < -0.4 is 9.47 Å². The molecule has 1 atom stereocenters. The fourth-order valence-electron chi connectivity index (χ4n) is 2.27. The average Bonchev–Trinajstić information content (AvgIpc) is 2.98. The van der Waals surface area contributed by atoms with Gasteiger partial charge >= 0.3 is 5.97 Å². The molecule has 0 aliphatic carbocycles. The molecule has 1 aromatic rings. The van der Waals surface area contributed by atoms with E-state index in [1.54, 1.807) is 6.07 Å². The molecule has 0 saturated carbocycles. The zero-order chi connectivity index (χ0) is 15.7. The van der Waals surface area contributed by atoms with Gasteiger partial charge in [-0.1, -0.05) is 6.07 Å². The van der Waals surface area contributed by atoms with Crippen LogP contribution in [0.15, 0.2) is 18.2 Å². The van der Waals surface area contributed by atoms with Crippen LogP contribution in [0.5, 0.6) is 11.5 Å². The molecule has 2 aliphatic rings. The first kappa shape index (κ1) is 15.1. The third kappa shape index (κ3) is 3.34. The second-order valence-electron chi connectivity index (χ2n) is 6.23. The summed E-state index contributed by atoms with van der Waals surface area (Å²) < 4.78 is 27.5. The third-order valence-corrected chi connectivity index (χ3v) is 3.19. The predicted octanol–water partition coefficient (Wildman–Crippen LogP) is 2.21. The molecule has 120 valence electrons. The third-order valence-electron chi connectivity index (χ3n) is 3.19. The van der Waals surface area contributed by atoms with E-state index in [0.717, 1.165) is 5.56 Å². The number of fused-ring (bicyclic) bond motifs is 1. The first-order valence-electron chi connectivity index (χ1n) is 7.32. The van der Waals surface area contributed by atoms with Crippen molar-refractivity contribution in [1.82, 2.24) is 0 Å². The molecule has 3 rings (SSSR count). The van der Waals surface area contributed by atoms with Gasteiger partial charge in [0, 0.05) is 5.56 Å². The van der Waals surface area contributed by atoms with Crippen molar-refractivity contribution in [2.45, 2.75) is 38.8 Å². The number of ether oxygens (including phenoxy) is 5. The number of esters is 1. The van der Waals surface area contributed by atoms with Crippen LogP contribution >= 0.6 is 0 Å². The van der Waals surface area contributed by atoms with Gasteiger partial charge in [0.2, 0.25) is 6.10 Å². The quantitative estimate of drug-likeness (QED) is 0.781. The van der Waals surface area contributed by atoms with Crippen molar-refractivity contribution in [3.8, 4) is 11.5 Å². The number of hydrogen-bond acceptors (Lipinski definition) is 6. The zero-order valence-electron chi connectivity index (χ0n) is 13.0. The minimum Gasteiger partial charge on any atom is -0.485 e. The van der Waals surface area contributed by atoms with E-state index in [-0.39, 0.29) is 12.9 Å². The van der Waals surface area contributed by atoms with Crippen LogP contribution in [0.4, 0.5) is 0 Å². The van der Waals surface area contributed by atoms with Crippen molar-refractivity contribution in [3.63, 3.8) is 0 Å². The van der Waals surface area contributed by atoms with E-state index in [0.29, 0.717) is 24.7 Å². The lowest BCUT2D eigenvalue weighted by Crippen LogP contribution is -2.41. The van der Waals surface area contributed by atoms with E-state index >= 15 is 0 Å². The normalized spacial score (nSPS) is 21.7. The smallest absolute Gasteiger partial charge is 0.351 e. The number of rotatable bonds is 2. The highest BCUT2D eigenvalue weighted by atomic mass is 16.7. The van der Waals surface area contributed by atoms with Crippen molar-refractivity contribution >= 4 is 5.97 Å². The molecule has 0 radical (unpaired) electrons. The summed E-state index contributed by atoms with van der Waals surface area (Å²) in [4.78, 5) is 12.0. The summed E-state index contributed by atoms with van der Waals surface area (Å²) in [5, 5.41) is 0. The summed E-state index contributed by atoms with van der Waals surface area (Å²) in [7, 11) is 0. The monoisotopic (exact) mass is 308 g/mol. The van der Waals surface area contributed by atoms with E-state index in [1.807, 2.05) is 32.9 Å². The van der Waals surface area contributed by atoms with E-state index in [2.05, 4.69) is 0 Å². The molecular formula is C16H20O6. The van der Waals surface area contributed by atoms with Crippen LogP contribution in [0.2, 0.25) is 0 Å². The molecule has 2 heterocycles. The van der Waals surface area contributed by atoms with Gasteiger partial charge in [-0.3, -0.25) is 0 Å². The van der Waals surface area contributed by atoms with Crippen LogP contribution in [0.25, 0.3) is 0 Å². The van der Waals surface area contributed by atoms with Crippen molar-refractivity contribution in [2.75, 3.05) is 19.8 Å². The van der Waals surface area contributed by atoms with Gasteiger partial charge in [0.05, 0.1) is 13.2 Å². The maximum atomic E-state index is 12.0. The van der Waals surface area contributed by atoms with Gasteiger partial charge in [-0.2, -0.15) is 0 Å². The topological polar surface area (TPSA) is 63.2 Å². The Morgan fingerprint density at radius 2 is 1.91 bits per heavy atom. The van der Waals surface area contributed by atoms with Crippen LogP contribution in [-0.4, -0.2) is 37.5 Å². The summed E-state index contributed by atoms with van der Waals surface area (Å²) in [5.74, 6) is 0.671. The molecule has 0 aromatic heterocycles.